The average Bonchev–Trinajstić information content (AvgIpc) is 2.68. The lowest BCUT2D eigenvalue weighted by Gasteiger charge is -2.22. The number of quaternary nitrogens is 1. The predicted octanol–water partition coefficient (Wildman–Crippen LogP) is 1.56. The van der Waals surface area contributed by atoms with Crippen molar-refractivity contribution in [1.82, 2.24) is 9.38 Å². The highest BCUT2D eigenvalue weighted by molar-refractivity contribution is 6.30. The van der Waals surface area contributed by atoms with Crippen molar-refractivity contribution in [1.29, 1.82) is 0 Å². The lowest BCUT2D eigenvalue weighted by atomic mass is 10.1. The zero-order valence-electron chi connectivity index (χ0n) is 9.82. The van der Waals surface area contributed by atoms with E-state index in [2.05, 4.69) is 4.98 Å². The summed E-state index contributed by atoms with van der Waals surface area (Å²) in [5, 5.41) is 0.777. The summed E-state index contributed by atoms with van der Waals surface area (Å²) >= 11 is 6.36. The van der Waals surface area contributed by atoms with Crippen molar-refractivity contribution in [2.24, 2.45) is 0 Å². The smallest absolute Gasteiger partial charge is 0.142 e. The second-order valence-corrected chi connectivity index (χ2v) is 5.12. The number of rotatable bonds is 2. The Hall–Kier alpha value is -1.06. The van der Waals surface area contributed by atoms with Crippen molar-refractivity contribution >= 4 is 17.2 Å². The van der Waals surface area contributed by atoms with Gasteiger partial charge in [-0.3, -0.25) is 4.40 Å². The van der Waals surface area contributed by atoms with E-state index in [1.165, 1.54) is 32.4 Å². The van der Waals surface area contributed by atoms with Gasteiger partial charge in [-0.25, -0.2) is 4.98 Å². The maximum Gasteiger partial charge on any atom is 0.142 e. The van der Waals surface area contributed by atoms with Gasteiger partial charge in [-0.1, -0.05) is 17.7 Å². The molecule has 0 atom stereocenters. The van der Waals surface area contributed by atoms with Crippen molar-refractivity contribution in [3.05, 3.63) is 35.2 Å². The molecule has 0 spiro atoms. The molecular weight excluding hydrogens is 234 g/mol. The second-order valence-electron chi connectivity index (χ2n) is 4.77. The largest absolute Gasteiger partial charge is 0.330 e. The topological polar surface area (TPSA) is 21.7 Å². The van der Waals surface area contributed by atoms with Gasteiger partial charge in [0.2, 0.25) is 0 Å². The Morgan fingerprint density at radius 3 is 2.82 bits per heavy atom. The number of likely N-dealkylation sites (tertiary alicyclic amines) is 1. The number of hydrogen-bond acceptors (Lipinski definition) is 1. The molecule has 0 amide bonds. The number of nitrogens with one attached hydrogen (secondary N) is 1. The Labute approximate surface area is 106 Å². The molecule has 4 heteroatoms. The molecule has 1 fully saturated rings. The van der Waals surface area contributed by atoms with Crippen LogP contribution in [0.3, 0.4) is 0 Å². The fourth-order valence-corrected chi connectivity index (χ4v) is 2.84. The third-order valence-corrected chi connectivity index (χ3v) is 3.92. The fraction of sp³-hybridized carbons (Fsp3) is 0.462. The van der Waals surface area contributed by atoms with Crippen molar-refractivity contribution < 1.29 is 4.90 Å². The van der Waals surface area contributed by atoms with Crippen LogP contribution in [0.25, 0.3) is 5.65 Å². The monoisotopic (exact) mass is 250 g/mol. The highest BCUT2D eigenvalue weighted by Crippen LogP contribution is 2.17. The first-order valence-electron chi connectivity index (χ1n) is 6.29. The molecule has 1 aliphatic heterocycles. The van der Waals surface area contributed by atoms with Gasteiger partial charge in [0, 0.05) is 6.20 Å². The Bertz CT molecular complexity index is 514. The number of aromatic nitrogens is 2. The second kappa shape index (κ2) is 4.67. The summed E-state index contributed by atoms with van der Waals surface area (Å²) < 4.78 is 1.96. The molecule has 0 radical (unpaired) electrons. The van der Waals surface area contributed by atoms with Crippen molar-refractivity contribution in [3.8, 4) is 0 Å². The molecule has 0 aromatic carbocycles. The summed E-state index contributed by atoms with van der Waals surface area (Å²) in [5.74, 6) is 0. The molecule has 2 aromatic rings. The average molecular weight is 251 g/mol. The molecule has 2 aromatic heterocycles. The summed E-state index contributed by atoms with van der Waals surface area (Å²) in [6.07, 6.45) is 6.02. The van der Waals surface area contributed by atoms with E-state index in [1.807, 2.05) is 28.8 Å². The normalized spacial score (nSPS) is 17.7. The summed E-state index contributed by atoms with van der Waals surface area (Å²) in [5.41, 5.74) is 1.98. The summed E-state index contributed by atoms with van der Waals surface area (Å²) in [7, 11) is 0. The van der Waals surface area contributed by atoms with E-state index < -0.39 is 0 Å². The van der Waals surface area contributed by atoms with Gasteiger partial charge in [0.25, 0.3) is 0 Å². The minimum Gasteiger partial charge on any atom is -0.330 e. The van der Waals surface area contributed by atoms with Gasteiger partial charge in [0.15, 0.2) is 0 Å². The van der Waals surface area contributed by atoms with Crippen molar-refractivity contribution in [2.75, 3.05) is 13.1 Å². The summed E-state index contributed by atoms with van der Waals surface area (Å²) in [6, 6.07) is 5.98. The van der Waals surface area contributed by atoms with Crippen LogP contribution < -0.4 is 4.90 Å². The molecule has 0 aliphatic carbocycles. The molecule has 17 heavy (non-hydrogen) atoms. The van der Waals surface area contributed by atoms with E-state index in [0.29, 0.717) is 0 Å². The van der Waals surface area contributed by atoms with E-state index in [1.54, 1.807) is 4.90 Å². The lowest BCUT2D eigenvalue weighted by molar-refractivity contribution is -0.918. The first-order valence-corrected chi connectivity index (χ1v) is 6.67. The van der Waals surface area contributed by atoms with Gasteiger partial charge in [-0.15, -0.1) is 0 Å². The molecule has 3 nitrogen and oxygen atoms in total. The minimum absolute atomic E-state index is 0.777. The number of piperidine rings is 1. The lowest BCUT2D eigenvalue weighted by Crippen LogP contribution is -3.11. The van der Waals surface area contributed by atoms with Crippen molar-refractivity contribution in [2.45, 2.75) is 25.8 Å². The molecule has 1 aliphatic rings. The van der Waals surface area contributed by atoms with Crippen LogP contribution in [0.5, 0.6) is 0 Å². The Morgan fingerprint density at radius 2 is 2.06 bits per heavy atom. The van der Waals surface area contributed by atoms with Crippen LogP contribution in [0.2, 0.25) is 5.15 Å². The first-order chi connectivity index (χ1) is 8.34. The van der Waals surface area contributed by atoms with E-state index >= 15 is 0 Å². The standard InChI is InChI=1S/C13H16ClN3/c14-13-11(10-16-7-3-1-4-8-16)15-12-6-2-5-9-17(12)13/h2,5-6,9H,1,3-4,7-8,10H2/p+1. The number of nitrogens with zero attached hydrogens (tertiary/aromatic N) is 2. The van der Waals surface area contributed by atoms with E-state index in [-0.39, 0.29) is 0 Å². The van der Waals surface area contributed by atoms with E-state index in [0.717, 1.165) is 23.0 Å². The van der Waals surface area contributed by atoms with Crippen LogP contribution in [0.1, 0.15) is 25.0 Å². The molecule has 1 N–H and O–H groups in total. The van der Waals surface area contributed by atoms with Crippen LogP contribution in [0.4, 0.5) is 0 Å². The third-order valence-electron chi connectivity index (χ3n) is 3.52. The number of imidazole rings is 1. The Balaban J connectivity index is 1.87. The number of hydrogen-bond donors (Lipinski definition) is 1. The quantitative estimate of drug-likeness (QED) is 0.859. The highest BCUT2D eigenvalue weighted by atomic mass is 35.5. The van der Waals surface area contributed by atoms with Crippen LogP contribution >= 0.6 is 11.6 Å². The van der Waals surface area contributed by atoms with Crippen LogP contribution in [0.15, 0.2) is 24.4 Å². The SMILES string of the molecule is Clc1c(C[NH+]2CCCCC2)nc2ccccn12. The predicted molar refractivity (Wildman–Crippen MR) is 68.5 cm³/mol. The molecule has 3 heterocycles. The first kappa shape index (κ1) is 11.1. The summed E-state index contributed by atoms with van der Waals surface area (Å²) in [6.45, 7) is 3.47. The molecule has 3 rings (SSSR count). The van der Waals surface area contributed by atoms with Crippen LogP contribution in [-0.2, 0) is 6.54 Å². The van der Waals surface area contributed by atoms with Gasteiger partial charge < -0.3 is 4.90 Å². The maximum atomic E-state index is 6.36. The fourth-order valence-electron chi connectivity index (χ4n) is 2.59. The molecule has 1 saturated heterocycles. The van der Waals surface area contributed by atoms with Gasteiger partial charge in [-0.05, 0) is 31.4 Å². The van der Waals surface area contributed by atoms with E-state index in [4.69, 9.17) is 11.6 Å². The molecule has 90 valence electrons. The van der Waals surface area contributed by atoms with E-state index in [9.17, 15) is 0 Å². The molecule has 0 unspecified atom stereocenters. The van der Waals surface area contributed by atoms with Gasteiger partial charge in [0.05, 0.1) is 13.1 Å². The molecule has 0 saturated carbocycles. The number of pyridine rings is 1. The van der Waals surface area contributed by atoms with Crippen molar-refractivity contribution in [3.63, 3.8) is 0 Å². The van der Waals surface area contributed by atoms with Crippen LogP contribution in [0, 0.1) is 0 Å². The van der Waals surface area contributed by atoms with Gasteiger partial charge in [0.1, 0.15) is 23.0 Å². The van der Waals surface area contributed by atoms with Gasteiger partial charge in [-0.2, -0.15) is 0 Å². The molecule has 0 bridgehead atoms. The Kier molecular flexibility index (Phi) is 3.04. The zero-order chi connectivity index (χ0) is 11.7. The minimum atomic E-state index is 0.777. The third kappa shape index (κ3) is 2.17. The number of halogens is 1. The Morgan fingerprint density at radius 1 is 1.24 bits per heavy atom. The summed E-state index contributed by atoms with van der Waals surface area (Å²) in [4.78, 5) is 6.23. The zero-order valence-corrected chi connectivity index (χ0v) is 10.6. The van der Waals surface area contributed by atoms with Crippen LogP contribution in [-0.4, -0.2) is 22.5 Å². The van der Waals surface area contributed by atoms with Gasteiger partial charge >= 0.3 is 0 Å². The maximum absolute atomic E-state index is 6.36. The number of fused-ring (bicyclic) bond motifs is 1. The molecular formula is C13H17ClN3+. The highest BCUT2D eigenvalue weighted by Gasteiger charge is 2.18.